The molecule has 6 heteroatoms. The van der Waals surface area contributed by atoms with E-state index in [0.29, 0.717) is 11.4 Å². The van der Waals surface area contributed by atoms with Crippen molar-refractivity contribution in [1.82, 2.24) is 14.5 Å². The summed E-state index contributed by atoms with van der Waals surface area (Å²) in [5, 5.41) is 0.0894. The number of hydrogen-bond acceptors (Lipinski definition) is 2. The van der Waals surface area contributed by atoms with E-state index in [1.165, 1.54) is 6.07 Å². The number of fused-ring (bicyclic) bond motifs is 1. The molecule has 19 heavy (non-hydrogen) atoms. The van der Waals surface area contributed by atoms with Gasteiger partial charge >= 0.3 is 0 Å². The Morgan fingerprint density at radius 3 is 2.74 bits per heavy atom. The Labute approximate surface area is 121 Å². The lowest BCUT2D eigenvalue weighted by molar-refractivity contribution is 0.386. The highest BCUT2D eigenvalue weighted by atomic mass is 35.5. The van der Waals surface area contributed by atoms with Crippen molar-refractivity contribution in [3.63, 3.8) is 0 Å². The average molecular weight is 304 g/mol. The summed E-state index contributed by atoms with van der Waals surface area (Å²) in [4.78, 5) is 6.51. The first kappa shape index (κ1) is 14.6. The summed E-state index contributed by atoms with van der Waals surface area (Å²) in [7, 11) is 4.04. The molecule has 104 valence electrons. The first-order valence-electron chi connectivity index (χ1n) is 6.07. The van der Waals surface area contributed by atoms with Gasteiger partial charge in [-0.25, -0.2) is 9.37 Å². The number of halogens is 3. The Morgan fingerprint density at radius 2 is 2.11 bits per heavy atom. The Bertz CT molecular complexity index is 581. The van der Waals surface area contributed by atoms with E-state index >= 15 is 0 Å². The molecule has 0 unspecified atom stereocenters. The molecule has 0 aliphatic carbocycles. The molecule has 0 bridgehead atoms. The van der Waals surface area contributed by atoms with E-state index in [1.54, 1.807) is 6.07 Å². The monoisotopic (exact) mass is 303 g/mol. The summed E-state index contributed by atoms with van der Waals surface area (Å²) < 4.78 is 15.5. The SMILES string of the molecule is CN(C)CCCn1c(CCl)nc2cc(Cl)c(F)cc21. The number of rotatable bonds is 5. The maximum Gasteiger partial charge on any atom is 0.144 e. The molecule has 0 atom stereocenters. The van der Waals surface area contributed by atoms with Crippen LogP contribution in [-0.2, 0) is 12.4 Å². The quantitative estimate of drug-likeness (QED) is 0.788. The van der Waals surface area contributed by atoms with E-state index in [9.17, 15) is 4.39 Å². The Hall–Kier alpha value is -0.840. The molecule has 0 amide bonds. The van der Waals surface area contributed by atoms with Crippen molar-refractivity contribution in [3.8, 4) is 0 Å². The predicted molar refractivity (Wildman–Crippen MR) is 77.4 cm³/mol. The number of benzene rings is 1. The van der Waals surface area contributed by atoms with Crippen LogP contribution in [0.2, 0.25) is 5.02 Å². The minimum Gasteiger partial charge on any atom is -0.327 e. The van der Waals surface area contributed by atoms with Gasteiger partial charge in [0.05, 0.1) is 21.9 Å². The van der Waals surface area contributed by atoms with Crippen molar-refractivity contribution >= 4 is 34.2 Å². The third-order valence-corrected chi connectivity index (χ3v) is 3.50. The molecular formula is C13H16Cl2FN3. The maximum atomic E-state index is 13.6. The molecule has 0 fully saturated rings. The van der Waals surface area contributed by atoms with E-state index in [2.05, 4.69) is 9.88 Å². The first-order valence-corrected chi connectivity index (χ1v) is 6.99. The van der Waals surface area contributed by atoms with Crippen LogP contribution in [0, 0.1) is 5.82 Å². The number of nitrogens with zero attached hydrogens (tertiary/aromatic N) is 3. The van der Waals surface area contributed by atoms with Gasteiger partial charge in [-0.2, -0.15) is 0 Å². The minimum atomic E-state index is -0.427. The van der Waals surface area contributed by atoms with Gasteiger partial charge in [0.15, 0.2) is 0 Å². The smallest absolute Gasteiger partial charge is 0.144 e. The lowest BCUT2D eigenvalue weighted by Crippen LogP contribution is -2.15. The lowest BCUT2D eigenvalue weighted by atomic mass is 10.3. The van der Waals surface area contributed by atoms with Crippen molar-refractivity contribution < 1.29 is 4.39 Å². The number of alkyl halides is 1. The maximum absolute atomic E-state index is 13.6. The molecule has 0 radical (unpaired) electrons. The molecule has 3 nitrogen and oxygen atoms in total. The van der Waals surface area contributed by atoms with Crippen LogP contribution in [0.3, 0.4) is 0 Å². The van der Waals surface area contributed by atoms with Gasteiger partial charge in [0.2, 0.25) is 0 Å². The van der Waals surface area contributed by atoms with E-state index in [0.717, 1.165) is 30.9 Å². The van der Waals surface area contributed by atoms with Crippen LogP contribution in [-0.4, -0.2) is 35.1 Å². The average Bonchev–Trinajstić information content (AvgIpc) is 2.67. The highest BCUT2D eigenvalue weighted by Crippen LogP contribution is 2.24. The molecular weight excluding hydrogens is 288 g/mol. The molecule has 0 aliphatic rings. The first-order chi connectivity index (χ1) is 9.02. The normalized spacial score (nSPS) is 11.7. The number of aryl methyl sites for hydroxylation is 1. The van der Waals surface area contributed by atoms with Crippen LogP contribution in [0.5, 0.6) is 0 Å². The minimum absolute atomic E-state index is 0.0894. The molecule has 0 aliphatic heterocycles. The Morgan fingerprint density at radius 1 is 1.37 bits per heavy atom. The van der Waals surface area contributed by atoms with Crippen LogP contribution in [0.4, 0.5) is 4.39 Å². The molecule has 0 N–H and O–H groups in total. The lowest BCUT2D eigenvalue weighted by Gasteiger charge is -2.11. The molecule has 1 heterocycles. The van der Waals surface area contributed by atoms with Crippen LogP contribution in [0.25, 0.3) is 11.0 Å². The summed E-state index contributed by atoms with van der Waals surface area (Å²) in [6.07, 6.45) is 0.951. The number of imidazole rings is 1. The zero-order valence-electron chi connectivity index (χ0n) is 11.0. The molecule has 2 rings (SSSR count). The van der Waals surface area contributed by atoms with Crippen LogP contribution in [0.15, 0.2) is 12.1 Å². The fourth-order valence-electron chi connectivity index (χ4n) is 2.07. The predicted octanol–water partition coefficient (Wildman–Crippen LogP) is 3.52. The van der Waals surface area contributed by atoms with Gasteiger partial charge in [0.1, 0.15) is 11.6 Å². The second-order valence-corrected chi connectivity index (χ2v) is 5.40. The summed E-state index contributed by atoms with van der Waals surface area (Å²) in [6.45, 7) is 1.72. The van der Waals surface area contributed by atoms with Crippen LogP contribution in [0.1, 0.15) is 12.2 Å². The van der Waals surface area contributed by atoms with Gasteiger partial charge in [-0.3, -0.25) is 0 Å². The molecule has 2 aromatic rings. The molecule has 1 aromatic carbocycles. The fourth-order valence-corrected chi connectivity index (χ4v) is 2.43. The van der Waals surface area contributed by atoms with Crippen LogP contribution >= 0.6 is 23.2 Å². The fraction of sp³-hybridized carbons (Fsp3) is 0.462. The van der Waals surface area contributed by atoms with Gasteiger partial charge in [0, 0.05) is 12.6 Å². The van der Waals surface area contributed by atoms with Gasteiger partial charge in [-0.1, -0.05) is 11.6 Å². The second kappa shape index (κ2) is 6.07. The topological polar surface area (TPSA) is 21.1 Å². The summed E-state index contributed by atoms with van der Waals surface area (Å²) >= 11 is 11.7. The van der Waals surface area contributed by atoms with E-state index in [4.69, 9.17) is 23.2 Å². The number of aromatic nitrogens is 2. The van der Waals surface area contributed by atoms with E-state index < -0.39 is 5.82 Å². The van der Waals surface area contributed by atoms with Gasteiger partial charge < -0.3 is 9.47 Å². The summed E-state index contributed by atoms with van der Waals surface area (Å²) in [5.74, 6) is 0.622. The van der Waals surface area contributed by atoms with Crippen molar-refractivity contribution in [1.29, 1.82) is 0 Å². The zero-order chi connectivity index (χ0) is 14.0. The van der Waals surface area contributed by atoms with Gasteiger partial charge in [0.25, 0.3) is 0 Å². The standard InChI is InChI=1S/C13H16Cl2FN3/c1-18(2)4-3-5-19-12-7-10(16)9(15)6-11(12)17-13(19)8-14/h6-7H,3-5,8H2,1-2H3. The second-order valence-electron chi connectivity index (χ2n) is 4.73. The highest BCUT2D eigenvalue weighted by Gasteiger charge is 2.12. The van der Waals surface area contributed by atoms with Crippen molar-refractivity contribution in [2.75, 3.05) is 20.6 Å². The van der Waals surface area contributed by atoms with E-state index in [-0.39, 0.29) is 5.02 Å². The summed E-state index contributed by atoms with van der Waals surface area (Å²) in [5.41, 5.74) is 1.43. The van der Waals surface area contributed by atoms with Crippen molar-refractivity contribution in [2.45, 2.75) is 18.8 Å². The van der Waals surface area contributed by atoms with Gasteiger partial charge in [-0.15, -0.1) is 11.6 Å². The molecule has 0 spiro atoms. The Balaban J connectivity index is 2.36. The molecule has 0 saturated carbocycles. The highest BCUT2D eigenvalue weighted by molar-refractivity contribution is 6.31. The number of hydrogen-bond donors (Lipinski definition) is 0. The third kappa shape index (κ3) is 3.19. The molecule has 0 saturated heterocycles. The third-order valence-electron chi connectivity index (χ3n) is 2.98. The largest absolute Gasteiger partial charge is 0.327 e. The van der Waals surface area contributed by atoms with E-state index in [1.807, 2.05) is 18.7 Å². The Kier molecular flexibility index (Phi) is 4.66. The summed E-state index contributed by atoms with van der Waals surface area (Å²) in [6, 6.07) is 2.97. The van der Waals surface area contributed by atoms with Crippen LogP contribution < -0.4 is 0 Å². The zero-order valence-corrected chi connectivity index (χ0v) is 12.5. The molecule has 1 aromatic heterocycles. The van der Waals surface area contributed by atoms with Crippen molar-refractivity contribution in [3.05, 3.63) is 28.8 Å². The van der Waals surface area contributed by atoms with Crippen molar-refractivity contribution in [2.24, 2.45) is 0 Å². The van der Waals surface area contributed by atoms with Gasteiger partial charge in [-0.05, 0) is 33.1 Å².